The van der Waals surface area contributed by atoms with E-state index >= 15 is 0 Å². The minimum atomic E-state index is 0.603. The van der Waals surface area contributed by atoms with Crippen LogP contribution in [0.4, 0.5) is 0 Å². The van der Waals surface area contributed by atoms with E-state index in [2.05, 4.69) is 108 Å². The molecule has 0 fully saturated rings. The molecule has 8 bridgehead atoms. The number of thioether (sulfide) groups is 4. The maximum Gasteiger partial charge on any atom is 0.165 e. The zero-order valence-electron chi connectivity index (χ0n) is 26.2. The number of rotatable bonds is 4. The number of nitrogens with one attached hydrogen (secondary N) is 2. The molecule has 0 aliphatic carbocycles. The highest BCUT2D eigenvalue weighted by Crippen LogP contribution is 2.43. The van der Waals surface area contributed by atoms with Crippen LogP contribution in [0.1, 0.15) is 0 Å². The highest BCUT2D eigenvalue weighted by atomic mass is 32.2. The maximum atomic E-state index is 5.23. The second-order valence-corrected chi connectivity index (χ2v) is 14.5. The van der Waals surface area contributed by atoms with Gasteiger partial charge in [-0.25, -0.2) is 29.9 Å². The summed E-state index contributed by atoms with van der Waals surface area (Å²) in [5.74, 6) is 2.43. The van der Waals surface area contributed by atoms with Gasteiger partial charge in [0, 0.05) is 63.4 Å². The van der Waals surface area contributed by atoms with Gasteiger partial charge >= 0.3 is 0 Å². The van der Waals surface area contributed by atoms with Crippen LogP contribution in [0.15, 0.2) is 92.4 Å². The van der Waals surface area contributed by atoms with Crippen molar-refractivity contribution in [3.8, 4) is 45.6 Å². The second kappa shape index (κ2) is 11.7. The van der Waals surface area contributed by atoms with Crippen LogP contribution in [-0.2, 0) is 0 Å². The summed E-state index contributed by atoms with van der Waals surface area (Å²) in [7, 11) is 0. The summed E-state index contributed by atoms with van der Waals surface area (Å²) in [5.41, 5.74) is 6.60. The third kappa shape index (κ3) is 4.50. The molecular formula is C36H26N8S4. The Morgan fingerprint density at radius 1 is 0.396 bits per heavy atom. The number of hydrogen-bond donors (Lipinski definition) is 2. The summed E-state index contributed by atoms with van der Waals surface area (Å²) < 4.78 is 0. The van der Waals surface area contributed by atoms with E-state index in [1.807, 2.05) is 0 Å². The van der Waals surface area contributed by atoms with Gasteiger partial charge in [0.05, 0.1) is 0 Å². The maximum absolute atomic E-state index is 5.23. The van der Waals surface area contributed by atoms with Crippen molar-refractivity contribution in [2.45, 2.75) is 19.6 Å². The third-order valence-electron chi connectivity index (χ3n) is 8.67. The fourth-order valence-electron chi connectivity index (χ4n) is 6.54. The van der Waals surface area contributed by atoms with Gasteiger partial charge in [-0.3, -0.25) is 0 Å². The van der Waals surface area contributed by atoms with Gasteiger partial charge in [0.1, 0.15) is 22.6 Å². The molecular weight excluding hydrogens is 673 g/mol. The van der Waals surface area contributed by atoms with Crippen LogP contribution in [0.3, 0.4) is 0 Å². The number of nitrogens with zero attached hydrogens (tertiary/aromatic N) is 6. The lowest BCUT2D eigenvalue weighted by atomic mass is 10.1. The largest absolute Gasteiger partial charge is 0.324 e. The van der Waals surface area contributed by atoms with Crippen LogP contribution in [0.25, 0.3) is 89.7 Å². The first-order chi connectivity index (χ1) is 23.6. The van der Waals surface area contributed by atoms with Crippen molar-refractivity contribution in [3.63, 3.8) is 0 Å². The number of fused-ring (bicyclic) bond motifs is 20. The summed E-state index contributed by atoms with van der Waals surface area (Å²) in [4.78, 5) is 42.7. The Balaban J connectivity index is 1.53. The summed E-state index contributed by atoms with van der Waals surface area (Å²) in [6.07, 6.45) is 8.32. The van der Waals surface area contributed by atoms with Crippen LogP contribution in [0, 0.1) is 0 Å². The van der Waals surface area contributed by atoms with E-state index in [0.29, 0.717) is 45.9 Å². The molecule has 0 atom stereocenters. The Labute approximate surface area is 292 Å². The first kappa shape index (κ1) is 29.8. The van der Waals surface area contributed by atoms with Crippen LogP contribution in [-0.4, -0.2) is 64.9 Å². The van der Waals surface area contributed by atoms with E-state index in [-0.39, 0.29) is 0 Å². The van der Waals surface area contributed by atoms with E-state index in [1.165, 1.54) is 0 Å². The number of aromatic nitrogens is 8. The number of aromatic amines is 2. The standard InChI is InChI=1S/C36H26N8S4/c1-45-21-13-5-9-17-25(21)33-37-29(17)42-34-27-19(11-7-15-23(27)47-3)31(39-34)44-36-28-20(12-8-16-24(28)48-4)32(40-36)43-35-26-18(30(38-35)41-33)10-6-14-22(26)46-2/h5-16H,1-4H3,(H2,37,38,39,40,41,42,43,44). The zero-order valence-corrected chi connectivity index (χ0v) is 29.5. The number of H-pyrrole nitrogens is 2. The first-order valence-electron chi connectivity index (χ1n) is 15.1. The van der Waals surface area contributed by atoms with Crippen molar-refractivity contribution >= 4 is 91.2 Å². The van der Waals surface area contributed by atoms with Crippen molar-refractivity contribution in [2.75, 3.05) is 25.0 Å². The van der Waals surface area contributed by atoms with E-state index < -0.39 is 0 Å². The molecule has 0 saturated heterocycles. The minimum Gasteiger partial charge on any atom is -0.324 e. The highest BCUT2D eigenvalue weighted by molar-refractivity contribution is 7.99. The predicted octanol–water partition coefficient (Wildman–Crippen LogP) is 9.76. The van der Waals surface area contributed by atoms with E-state index in [1.54, 1.807) is 47.0 Å². The van der Waals surface area contributed by atoms with Gasteiger partial charge in [0.25, 0.3) is 0 Å². The molecule has 3 aromatic heterocycles. The summed E-state index contributed by atoms with van der Waals surface area (Å²) >= 11 is 6.71. The normalized spacial score (nSPS) is 12.1. The first-order valence-corrected chi connectivity index (χ1v) is 20.0. The monoisotopic (exact) mass is 698 g/mol. The third-order valence-corrected chi connectivity index (χ3v) is 11.8. The van der Waals surface area contributed by atoms with Gasteiger partial charge in [0.2, 0.25) is 0 Å². The summed E-state index contributed by atoms with van der Waals surface area (Å²) in [6, 6.07) is 25.0. The molecule has 9 rings (SSSR count). The van der Waals surface area contributed by atoms with E-state index in [9.17, 15) is 0 Å². The Morgan fingerprint density at radius 2 is 0.771 bits per heavy atom. The Hall–Kier alpha value is -4.36. The van der Waals surface area contributed by atoms with Gasteiger partial charge in [-0.05, 0) is 49.3 Å². The SMILES string of the molecule is CSc1cccc2c1-c1nc-2nc2[nH]c(nc3nc(nc4[nH]c(n1)c1cccc(SC)c41)-c1cccc(SC)c1-3)c1cccc(SC)c21. The molecule has 0 amide bonds. The van der Waals surface area contributed by atoms with Crippen molar-refractivity contribution < 1.29 is 0 Å². The van der Waals surface area contributed by atoms with Crippen molar-refractivity contribution in [1.82, 2.24) is 39.9 Å². The molecule has 2 N–H and O–H groups in total. The van der Waals surface area contributed by atoms with Crippen molar-refractivity contribution in [2.24, 2.45) is 0 Å². The quantitative estimate of drug-likeness (QED) is 0.172. The van der Waals surface area contributed by atoms with Gasteiger partial charge in [-0.15, -0.1) is 47.0 Å². The smallest absolute Gasteiger partial charge is 0.165 e. The predicted molar refractivity (Wildman–Crippen MR) is 203 cm³/mol. The lowest BCUT2D eigenvalue weighted by Crippen LogP contribution is -1.85. The fraction of sp³-hybridized carbons (Fsp3) is 0.111. The molecule has 5 heterocycles. The van der Waals surface area contributed by atoms with Gasteiger partial charge in [-0.2, -0.15) is 0 Å². The molecule has 8 nitrogen and oxygen atoms in total. The van der Waals surface area contributed by atoms with Gasteiger partial charge < -0.3 is 9.97 Å². The lowest BCUT2D eigenvalue weighted by molar-refractivity contribution is 1.19. The Bertz CT molecular complexity index is 2460. The molecule has 12 heteroatoms. The number of benzene rings is 4. The van der Waals surface area contributed by atoms with E-state index in [0.717, 1.165) is 63.4 Å². The van der Waals surface area contributed by atoms with Crippen LogP contribution < -0.4 is 0 Å². The van der Waals surface area contributed by atoms with Gasteiger partial charge in [0.15, 0.2) is 23.3 Å². The Kier molecular flexibility index (Phi) is 7.23. The molecule has 48 heavy (non-hydrogen) atoms. The average molecular weight is 699 g/mol. The Morgan fingerprint density at radius 3 is 1.19 bits per heavy atom. The average Bonchev–Trinajstić information content (AvgIpc) is 3.86. The van der Waals surface area contributed by atoms with Crippen molar-refractivity contribution in [1.29, 1.82) is 0 Å². The molecule has 0 saturated carbocycles. The second-order valence-electron chi connectivity index (χ2n) is 11.1. The number of hydrogen-bond acceptors (Lipinski definition) is 10. The fourth-order valence-corrected chi connectivity index (χ4v) is 9.03. The summed E-state index contributed by atoms with van der Waals surface area (Å²) in [5, 5.41) is 3.93. The summed E-state index contributed by atoms with van der Waals surface area (Å²) in [6.45, 7) is 0. The molecule has 2 aliphatic rings. The molecule has 2 aliphatic heterocycles. The van der Waals surface area contributed by atoms with Crippen LogP contribution in [0.5, 0.6) is 0 Å². The topological polar surface area (TPSA) is 109 Å². The molecule has 4 aromatic carbocycles. The zero-order chi connectivity index (χ0) is 32.5. The van der Waals surface area contributed by atoms with E-state index in [4.69, 9.17) is 29.9 Å². The highest BCUT2D eigenvalue weighted by Gasteiger charge is 2.25. The van der Waals surface area contributed by atoms with Crippen molar-refractivity contribution in [3.05, 3.63) is 72.8 Å². The minimum absolute atomic E-state index is 0.603. The van der Waals surface area contributed by atoms with Gasteiger partial charge in [-0.1, -0.05) is 48.5 Å². The molecule has 0 radical (unpaired) electrons. The molecule has 0 unspecified atom stereocenters. The van der Waals surface area contributed by atoms with Crippen LogP contribution >= 0.6 is 47.0 Å². The lowest BCUT2D eigenvalue weighted by Gasteiger charge is -2.04. The van der Waals surface area contributed by atoms with Crippen LogP contribution in [0.2, 0.25) is 0 Å². The molecule has 0 spiro atoms. The molecule has 234 valence electrons. The molecule has 7 aromatic rings.